The van der Waals surface area contributed by atoms with Crippen LogP contribution in [0, 0.1) is 13.8 Å². The third-order valence-electron chi connectivity index (χ3n) is 3.13. The summed E-state index contributed by atoms with van der Waals surface area (Å²) in [7, 11) is 6.31. The molecule has 0 heterocycles. The van der Waals surface area contributed by atoms with Gasteiger partial charge in [0.05, 0.1) is 0 Å². The fraction of sp³-hybridized carbons (Fsp3) is 0.600. The Labute approximate surface area is 116 Å². The fourth-order valence-corrected chi connectivity index (χ4v) is 3.16. The van der Waals surface area contributed by atoms with Gasteiger partial charge in [-0.3, -0.25) is 0 Å². The number of rotatable bonds is 7. The highest BCUT2D eigenvalue weighted by Crippen LogP contribution is 2.22. The normalized spacial score (nSPS) is 13.0. The number of thioether (sulfide) groups is 1. The molecule has 2 nitrogen and oxygen atoms in total. The first-order valence-electron chi connectivity index (χ1n) is 6.51. The fourth-order valence-electron chi connectivity index (χ4n) is 1.91. The van der Waals surface area contributed by atoms with E-state index in [1.807, 2.05) is 11.8 Å². The minimum atomic E-state index is 0.456. The molecular formula is C15H26N2S. The zero-order valence-electron chi connectivity index (χ0n) is 12.3. The quantitative estimate of drug-likeness (QED) is 0.764. The van der Waals surface area contributed by atoms with E-state index in [1.54, 1.807) is 0 Å². The van der Waals surface area contributed by atoms with Crippen LogP contribution in [0.4, 0.5) is 0 Å². The van der Waals surface area contributed by atoms with Crippen LogP contribution in [0.5, 0.6) is 0 Å². The third kappa shape index (κ3) is 5.01. The first kappa shape index (κ1) is 15.5. The van der Waals surface area contributed by atoms with Crippen molar-refractivity contribution in [1.29, 1.82) is 0 Å². The molecular weight excluding hydrogens is 240 g/mol. The second kappa shape index (κ2) is 7.82. The molecule has 1 N–H and O–H groups in total. The maximum Gasteiger partial charge on any atom is 0.0412 e. The number of hydrogen-bond acceptors (Lipinski definition) is 3. The molecule has 102 valence electrons. The molecule has 0 radical (unpaired) electrons. The Kier molecular flexibility index (Phi) is 6.76. The van der Waals surface area contributed by atoms with Gasteiger partial charge in [0.25, 0.3) is 0 Å². The van der Waals surface area contributed by atoms with Crippen molar-refractivity contribution < 1.29 is 0 Å². The molecule has 0 saturated carbocycles. The predicted octanol–water partition coefficient (Wildman–Crippen LogP) is 2.86. The van der Waals surface area contributed by atoms with Crippen molar-refractivity contribution in [2.24, 2.45) is 0 Å². The van der Waals surface area contributed by atoms with E-state index in [1.165, 1.54) is 22.4 Å². The molecule has 1 aromatic carbocycles. The van der Waals surface area contributed by atoms with E-state index >= 15 is 0 Å². The SMILES string of the molecule is CNC(CSCCN(C)C)c1cc(C)ccc1C. The van der Waals surface area contributed by atoms with E-state index in [9.17, 15) is 0 Å². The number of aryl methyl sites for hydroxylation is 2. The summed E-state index contributed by atoms with van der Waals surface area (Å²) in [6.45, 7) is 5.51. The van der Waals surface area contributed by atoms with Crippen LogP contribution < -0.4 is 5.32 Å². The van der Waals surface area contributed by atoms with Gasteiger partial charge in [0.15, 0.2) is 0 Å². The van der Waals surface area contributed by atoms with Gasteiger partial charge in [-0.2, -0.15) is 11.8 Å². The maximum atomic E-state index is 3.44. The van der Waals surface area contributed by atoms with Crippen LogP contribution >= 0.6 is 11.8 Å². The molecule has 0 fully saturated rings. The van der Waals surface area contributed by atoms with Crippen LogP contribution in [-0.4, -0.2) is 44.1 Å². The van der Waals surface area contributed by atoms with Crippen LogP contribution in [0.1, 0.15) is 22.7 Å². The first-order valence-corrected chi connectivity index (χ1v) is 7.67. The van der Waals surface area contributed by atoms with Crippen molar-refractivity contribution in [1.82, 2.24) is 10.2 Å². The van der Waals surface area contributed by atoms with Gasteiger partial charge >= 0.3 is 0 Å². The molecule has 0 amide bonds. The third-order valence-corrected chi connectivity index (χ3v) is 4.17. The van der Waals surface area contributed by atoms with E-state index in [0.29, 0.717) is 6.04 Å². The number of nitrogens with zero attached hydrogens (tertiary/aromatic N) is 1. The van der Waals surface area contributed by atoms with Gasteiger partial charge in [0, 0.05) is 24.1 Å². The van der Waals surface area contributed by atoms with Gasteiger partial charge in [-0.15, -0.1) is 0 Å². The van der Waals surface area contributed by atoms with Crippen molar-refractivity contribution in [3.63, 3.8) is 0 Å². The van der Waals surface area contributed by atoms with Gasteiger partial charge in [-0.1, -0.05) is 23.8 Å². The summed E-state index contributed by atoms with van der Waals surface area (Å²) in [5.74, 6) is 2.32. The van der Waals surface area contributed by atoms with E-state index in [2.05, 4.69) is 63.4 Å². The highest BCUT2D eigenvalue weighted by molar-refractivity contribution is 7.99. The summed E-state index contributed by atoms with van der Waals surface area (Å²) < 4.78 is 0. The van der Waals surface area contributed by atoms with Crippen molar-refractivity contribution >= 4 is 11.8 Å². The van der Waals surface area contributed by atoms with Crippen LogP contribution in [0.3, 0.4) is 0 Å². The molecule has 1 rings (SSSR count). The van der Waals surface area contributed by atoms with Crippen LogP contribution in [-0.2, 0) is 0 Å². The molecule has 0 aliphatic carbocycles. The topological polar surface area (TPSA) is 15.3 Å². The minimum absolute atomic E-state index is 0.456. The second-order valence-corrected chi connectivity index (χ2v) is 6.23. The summed E-state index contributed by atoms with van der Waals surface area (Å²) in [4.78, 5) is 2.24. The van der Waals surface area contributed by atoms with Crippen LogP contribution in [0.15, 0.2) is 18.2 Å². The maximum absolute atomic E-state index is 3.44. The largest absolute Gasteiger partial charge is 0.312 e. The lowest BCUT2D eigenvalue weighted by Gasteiger charge is -2.19. The second-order valence-electron chi connectivity index (χ2n) is 5.08. The Morgan fingerprint density at radius 3 is 2.61 bits per heavy atom. The summed E-state index contributed by atoms with van der Waals surface area (Å²) in [6.07, 6.45) is 0. The van der Waals surface area contributed by atoms with E-state index in [-0.39, 0.29) is 0 Å². The number of nitrogens with one attached hydrogen (secondary N) is 1. The average Bonchev–Trinajstić information content (AvgIpc) is 2.33. The van der Waals surface area contributed by atoms with E-state index < -0.39 is 0 Å². The van der Waals surface area contributed by atoms with Gasteiger partial charge in [-0.05, 0) is 46.1 Å². The molecule has 0 aliphatic heterocycles. The summed E-state index contributed by atoms with van der Waals surface area (Å²) in [5, 5.41) is 3.44. The van der Waals surface area contributed by atoms with Crippen molar-refractivity contribution in [2.75, 3.05) is 39.2 Å². The Balaban J connectivity index is 2.57. The summed E-state index contributed by atoms with van der Waals surface area (Å²) >= 11 is 2.02. The summed E-state index contributed by atoms with van der Waals surface area (Å²) in [5.41, 5.74) is 4.16. The minimum Gasteiger partial charge on any atom is -0.312 e. The molecule has 0 saturated heterocycles. The van der Waals surface area contributed by atoms with E-state index in [0.717, 1.165) is 12.3 Å². The predicted molar refractivity (Wildman–Crippen MR) is 83.6 cm³/mol. The van der Waals surface area contributed by atoms with Gasteiger partial charge in [-0.25, -0.2) is 0 Å². The highest BCUT2D eigenvalue weighted by atomic mass is 32.2. The molecule has 0 spiro atoms. The van der Waals surface area contributed by atoms with Crippen LogP contribution in [0.25, 0.3) is 0 Å². The first-order chi connectivity index (χ1) is 8.54. The molecule has 18 heavy (non-hydrogen) atoms. The molecule has 1 unspecified atom stereocenters. The van der Waals surface area contributed by atoms with Gasteiger partial charge < -0.3 is 10.2 Å². The Morgan fingerprint density at radius 2 is 2.00 bits per heavy atom. The smallest absolute Gasteiger partial charge is 0.0412 e. The zero-order valence-corrected chi connectivity index (χ0v) is 13.1. The molecule has 0 aromatic heterocycles. The van der Waals surface area contributed by atoms with Crippen LogP contribution in [0.2, 0.25) is 0 Å². The zero-order chi connectivity index (χ0) is 13.5. The monoisotopic (exact) mass is 266 g/mol. The molecule has 1 aromatic rings. The van der Waals surface area contributed by atoms with Crippen molar-refractivity contribution in [3.8, 4) is 0 Å². The van der Waals surface area contributed by atoms with E-state index in [4.69, 9.17) is 0 Å². The van der Waals surface area contributed by atoms with Crippen molar-refractivity contribution in [3.05, 3.63) is 34.9 Å². The highest BCUT2D eigenvalue weighted by Gasteiger charge is 2.11. The lowest BCUT2D eigenvalue weighted by atomic mass is 10.0. The Hall–Kier alpha value is -0.510. The van der Waals surface area contributed by atoms with Gasteiger partial charge in [0.2, 0.25) is 0 Å². The Morgan fingerprint density at radius 1 is 1.28 bits per heavy atom. The molecule has 3 heteroatoms. The lowest BCUT2D eigenvalue weighted by Crippen LogP contribution is -2.21. The van der Waals surface area contributed by atoms with Crippen molar-refractivity contribution in [2.45, 2.75) is 19.9 Å². The van der Waals surface area contributed by atoms with Gasteiger partial charge in [0.1, 0.15) is 0 Å². The summed E-state index contributed by atoms with van der Waals surface area (Å²) in [6, 6.07) is 7.17. The average molecular weight is 266 g/mol. The molecule has 1 atom stereocenters. The molecule has 0 bridgehead atoms. The number of hydrogen-bond donors (Lipinski definition) is 1. The molecule has 0 aliphatic rings. The lowest BCUT2D eigenvalue weighted by molar-refractivity contribution is 0.437. The number of benzene rings is 1. The Bertz CT molecular complexity index is 364. The standard InChI is InChI=1S/C15H26N2S/c1-12-6-7-13(2)14(10-12)15(16-3)11-18-9-8-17(4)5/h6-7,10,15-16H,8-9,11H2,1-5H3.